The molecule has 1 atom stereocenters. The number of phenolic OH excluding ortho intramolecular Hbond substituents is 1. The Morgan fingerprint density at radius 3 is 2.50 bits per heavy atom. The molecular weight excluding hydrogens is 226 g/mol. The van der Waals surface area contributed by atoms with Crippen LogP contribution in [-0.4, -0.2) is 18.8 Å². The van der Waals surface area contributed by atoms with Crippen molar-refractivity contribution in [2.24, 2.45) is 11.7 Å². The minimum absolute atomic E-state index is 0.0358. The maximum Gasteiger partial charge on any atom is 0.144 e. The number of phenols is 1. The van der Waals surface area contributed by atoms with E-state index in [4.69, 9.17) is 22.1 Å². The summed E-state index contributed by atoms with van der Waals surface area (Å²) in [6.45, 7) is 4.55. The van der Waals surface area contributed by atoms with Gasteiger partial charge in [-0.25, -0.2) is 0 Å². The second-order valence-electron chi connectivity index (χ2n) is 4.10. The van der Waals surface area contributed by atoms with Gasteiger partial charge in [0, 0.05) is 11.5 Å². The molecule has 0 heterocycles. The van der Waals surface area contributed by atoms with E-state index in [-0.39, 0.29) is 11.7 Å². The topological polar surface area (TPSA) is 55.5 Å². The quantitative estimate of drug-likeness (QED) is 0.855. The number of halogens is 1. The smallest absolute Gasteiger partial charge is 0.144 e. The summed E-state index contributed by atoms with van der Waals surface area (Å²) in [5.74, 6) is 1.05. The zero-order valence-electron chi connectivity index (χ0n) is 9.83. The van der Waals surface area contributed by atoms with Crippen LogP contribution in [0.3, 0.4) is 0 Å². The number of hydrogen-bond acceptors (Lipinski definition) is 3. The van der Waals surface area contributed by atoms with Crippen molar-refractivity contribution < 1.29 is 9.84 Å². The van der Waals surface area contributed by atoms with Gasteiger partial charge >= 0.3 is 0 Å². The fourth-order valence-corrected chi connectivity index (χ4v) is 2.09. The normalized spacial score (nSPS) is 12.9. The van der Waals surface area contributed by atoms with Gasteiger partial charge in [0.25, 0.3) is 0 Å². The minimum atomic E-state index is 0.0358. The summed E-state index contributed by atoms with van der Waals surface area (Å²) in [6.07, 6.45) is 0. The molecule has 4 heteroatoms. The molecule has 1 aromatic carbocycles. The van der Waals surface area contributed by atoms with Crippen LogP contribution in [0.25, 0.3) is 0 Å². The van der Waals surface area contributed by atoms with Crippen molar-refractivity contribution in [3.63, 3.8) is 0 Å². The van der Waals surface area contributed by atoms with Gasteiger partial charge < -0.3 is 15.6 Å². The lowest BCUT2D eigenvalue weighted by molar-refractivity contribution is 0.380. The van der Waals surface area contributed by atoms with Crippen LogP contribution in [0.2, 0.25) is 5.02 Å². The first kappa shape index (κ1) is 13.1. The number of aromatic hydroxyl groups is 1. The van der Waals surface area contributed by atoms with E-state index in [1.54, 1.807) is 12.1 Å². The van der Waals surface area contributed by atoms with Gasteiger partial charge in [-0.15, -0.1) is 0 Å². The van der Waals surface area contributed by atoms with Crippen LogP contribution in [-0.2, 0) is 0 Å². The lowest BCUT2D eigenvalue weighted by atomic mass is 9.87. The summed E-state index contributed by atoms with van der Waals surface area (Å²) < 4.78 is 5.24. The van der Waals surface area contributed by atoms with Gasteiger partial charge in [0.1, 0.15) is 11.5 Å². The maximum absolute atomic E-state index is 9.90. The van der Waals surface area contributed by atoms with E-state index in [1.165, 1.54) is 7.11 Å². The molecule has 1 aromatic rings. The molecule has 90 valence electrons. The summed E-state index contributed by atoms with van der Waals surface area (Å²) >= 11 is 6.03. The zero-order valence-corrected chi connectivity index (χ0v) is 10.6. The van der Waals surface area contributed by atoms with Crippen LogP contribution in [0.5, 0.6) is 11.5 Å². The summed E-state index contributed by atoms with van der Waals surface area (Å²) in [5, 5.41) is 10.4. The number of methoxy groups -OCH3 is 1. The highest BCUT2D eigenvalue weighted by Gasteiger charge is 2.23. The second-order valence-corrected chi connectivity index (χ2v) is 4.51. The Bertz CT molecular complexity index is 366. The van der Waals surface area contributed by atoms with Crippen LogP contribution in [0.15, 0.2) is 12.1 Å². The molecule has 16 heavy (non-hydrogen) atoms. The summed E-state index contributed by atoms with van der Waals surface area (Å²) in [7, 11) is 1.54. The molecule has 1 rings (SSSR count). The predicted octanol–water partition coefficient (Wildman–Crippen LogP) is 2.75. The van der Waals surface area contributed by atoms with Gasteiger partial charge in [-0.2, -0.15) is 0 Å². The van der Waals surface area contributed by atoms with Crippen molar-refractivity contribution in [3.05, 3.63) is 22.7 Å². The van der Waals surface area contributed by atoms with Crippen LogP contribution < -0.4 is 10.5 Å². The Hall–Kier alpha value is -0.930. The largest absolute Gasteiger partial charge is 0.508 e. The molecular formula is C12H18ClNO2. The van der Waals surface area contributed by atoms with Crippen molar-refractivity contribution in [1.29, 1.82) is 0 Å². The molecule has 0 aromatic heterocycles. The molecule has 0 saturated carbocycles. The zero-order chi connectivity index (χ0) is 12.3. The van der Waals surface area contributed by atoms with Gasteiger partial charge in [-0.3, -0.25) is 0 Å². The van der Waals surface area contributed by atoms with E-state index in [2.05, 4.69) is 13.8 Å². The van der Waals surface area contributed by atoms with Crippen LogP contribution >= 0.6 is 11.6 Å². The van der Waals surface area contributed by atoms with Crippen LogP contribution in [0, 0.1) is 5.92 Å². The van der Waals surface area contributed by atoms with Gasteiger partial charge in [0.15, 0.2) is 0 Å². The third-order valence-corrected chi connectivity index (χ3v) is 3.06. The lowest BCUT2D eigenvalue weighted by Crippen LogP contribution is -2.18. The highest BCUT2D eigenvalue weighted by Crippen LogP contribution is 2.41. The average Bonchev–Trinajstić information content (AvgIpc) is 2.24. The Morgan fingerprint density at radius 2 is 2.06 bits per heavy atom. The fourth-order valence-electron chi connectivity index (χ4n) is 1.85. The molecule has 0 amide bonds. The van der Waals surface area contributed by atoms with Crippen molar-refractivity contribution in [2.75, 3.05) is 13.7 Å². The predicted molar refractivity (Wildman–Crippen MR) is 66.3 cm³/mol. The van der Waals surface area contributed by atoms with Gasteiger partial charge in [0.05, 0.1) is 12.1 Å². The molecule has 0 aliphatic carbocycles. The number of rotatable bonds is 4. The monoisotopic (exact) mass is 243 g/mol. The third-order valence-electron chi connectivity index (χ3n) is 2.76. The van der Waals surface area contributed by atoms with Gasteiger partial charge in [-0.1, -0.05) is 25.4 Å². The average molecular weight is 244 g/mol. The molecule has 0 aliphatic heterocycles. The summed E-state index contributed by atoms with van der Waals surface area (Å²) in [5.41, 5.74) is 6.44. The SMILES string of the molecule is COc1c(Cl)ccc(O)c1C(CN)C(C)C. The first-order chi connectivity index (χ1) is 7.52. The van der Waals surface area contributed by atoms with Crippen molar-refractivity contribution in [3.8, 4) is 11.5 Å². The first-order valence-corrected chi connectivity index (χ1v) is 5.66. The minimum Gasteiger partial charge on any atom is -0.508 e. The lowest BCUT2D eigenvalue weighted by Gasteiger charge is -2.23. The Morgan fingerprint density at radius 1 is 1.44 bits per heavy atom. The third kappa shape index (κ3) is 2.42. The van der Waals surface area contributed by atoms with Crippen LogP contribution in [0.1, 0.15) is 25.3 Å². The summed E-state index contributed by atoms with van der Waals surface area (Å²) in [6, 6.07) is 3.19. The standard InChI is InChI=1S/C12H18ClNO2/c1-7(2)8(6-14)11-10(15)5-4-9(13)12(11)16-3/h4-5,7-8,15H,6,14H2,1-3H3. The Labute approximate surface area is 101 Å². The molecule has 3 N–H and O–H groups in total. The highest BCUT2D eigenvalue weighted by molar-refractivity contribution is 6.32. The van der Waals surface area contributed by atoms with Crippen molar-refractivity contribution in [2.45, 2.75) is 19.8 Å². The Balaban J connectivity index is 3.34. The molecule has 0 fully saturated rings. The van der Waals surface area contributed by atoms with E-state index in [1.807, 2.05) is 0 Å². The number of hydrogen-bond donors (Lipinski definition) is 2. The van der Waals surface area contributed by atoms with E-state index >= 15 is 0 Å². The molecule has 0 bridgehead atoms. The van der Waals surface area contributed by atoms with E-state index < -0.39 is 0 Å². The molecule has 0 radical (unpaired) electrons. The molecule has 1 unspecified atom stereocenters. The van der Waals surface area contributed by atoms with E-state index in [0.29, 0.717) is 28.8 Å². The Kier molecular flexibility index (Phi) is 4.44. The number of ether oxygens (including phenoxy) is 1. The first-order valence-electron chi connectivity index (χ1n) is 5.28. The van der Waals surface area contributed by atoms with E-state index in [9.17, 15) is 5.11 Å². The van der Waals surface area contributed by atoms with Gasteiger partial charge in [-0.05, 0) is 24.6 Å². The van der Waals surface area contributed by atoms with E-state index in [0.717, 1.165) is 0 Å². The maximum atomic E-state index is 9.90. The van der Waals surface area contributed by atoms with Gasteiger partial charge in [0.2, 0.25) is 0 Å². The van der Waals surface area contributed by atoms with Crippen molar-refractivity contribution in [1.82, 2.24) is 0 Å². The second kappa shape index (κ2) is 5.41. The fraction of sp³-hybridized carbons (Fsp3) is 0.500. The molecule has 0 aliphatic rings. The van der Waals surface area contributed by atoms with Crippen molar-refractivity contribution >= 4 is 11.6 Å². The van der Waals surface area contributed by atoms with Crippen LogP contribution in [0.4, 0.5) is 0 Å². The highest BCUT2D eigenvalue weighted by atomic mass is 35.5. The number of benzene rings is 1. The number of nitrogens with two attached hydrogens (primary N) is 1. The molecule has 0 spiro atoms. The summed E-state index contributed by atoms with van der Waals surface area (Å²) in [4.78, 5) is 0. The molecule has 3 nitrogen and oxygen atoms in total. The molecule has 0 saturated heterocycles.